The average Bonchev–Trinajstić information content (AvgIpc) is 3.46. The second-order valence-corrected chi connectivity index (χ2v) is 20.1. The van der Waals surface area contributed by atoms with Crippen molar-refractivity contribution in [1.82, 2.24) is 26.6 Å². The van der Waals surface area contributed by atoms with E-state index < -0.39 is 241 Å². The fraction of sp³-hybridized carbons (Fsp3) is 0.911. The molecule has 6 aliphatic heterocycles. The maximum Gasteiger partial charge on any atom is 0.220 e. The molecule has 462 valence electrons. The first-order valence-electron chi connectivity index (χ1n) is 25.6. The van der Waals surface area contributed by atoms with Crippen LogP contribution in [0.25, 0.3) is 0 Å². The Bertz CT molecular complexity index is 2010. The maximum atomic E-state index is 12.8. The van der Waals surface area contributed by atoms with E-state index in [2.05, 4.69) is 26.6 Å². The molecule has 0 aromatic carbocycles. The fourth-order valence-electron chi connectivity index (χ4n) is 10.2. The minimum absolute atomic E-state index is 0.746. The van der Waals surface area contributed by atoms with Gasteiger partial charge in [0.2, 0.25) is 29.9 Å². The van der Waals surface area contributed by atoms with E-state index in [-0.39, 0.29) is 0 Å². The van der Waals surface area contributed by atoms with Crippen molar-refractivity contribution in [3.8, 4) is 0 Å². The highest BCUT2D eigenvalue weighted by atomic mass is 17.2. The molecule has 0 spiro atoms. The summed E-state index contributed by atoms with van der Waals surface area (Å²) in [6, 6.07) is -7.92. The zero-order chi connectivity index (χ0) is 59.2. The molecular formula is C45H77N5O30. The summed E-state index contributed by atoms with van der Waals surface area (Å²) in [5.74, 6) is -3.16. The van der Waals surface area contributed by atoms with Gasteiger partial charge in [0.05, 0.1) is 38.6 Å². The Morgan fingerprint density at radius 2 is 0.738 bits per heavy atom. The third-order valence-corrected chi connectivity index (χ3v) is 14.3. The lowest BCUT2D eigenvalue weighted by Crippen LogP contribution is -2.72. The van der Waals surface area contributed by atoms with Crippen molar-refractivity contribution in [2.24, 2.45) is 0 Å². The van der Waals surface area contributed by atoms with Gasteiger partial charge in [-0.25, -0.2) is 9.78 Å². The monoisotopic (exact) mass is 1170 g/mol. The number of hydrogen-bond donors (Lipinski definition) is 19. The predicted octanol–water partition coefficient (Wildman–Crippen LogP) is -12.3. The normalized spacial score (nSPS) is 46.2. The molecule has 6 saturated heterocycles. The van der Waals surface area contributed by atoms with Gasteiger partial charge in [-0.05, 0) is 14.0 Å². The van der Waals surface area contributed by atoms with E-state index >= 15 is 0 Å². The number of rotatable bonds is 21. The zero-order valence-corrected chi connectivity index (χ0v) is 44.1. The van der Waals surface area contributed by atoms with Gasteiger partial charge in [0.25, 0.3) is 0 Å². The molecule has 30 unspecified atom stereocenters. The standard InChI is InChI=1S/C45H77N5O30/c1-12-27(59)34(66)35(67)45(70-12)80-69-11-21-39(30(62)22(40(68)71-21)47-13(2)55)79-44-26(50-16(5)58)33(65)38(20(10-54)75-44)78-43-25(49-15(4)57)32(64)37(19(9-53)74-43)77-42-24(48-14(3)56)31(63)36(18(8-52)73-42)76-41-23(46-6)29(61)28(60)17(7-51)72-41/h12,17-46,51-54,59-68H,7-11H2,1-6H3,(H,47,55)(H,48,56)(H,49,57)(H,50,58). The maximum absolute atomic E-state index is 12.8. The summed E-state index contributed by atoms with van der Waals surface area (Å²) in [4.78, 5) is 60.7. The number of likely N-dealkylation sites (N-methyl/N-ethyl adjacent to an activating group) is 1. The largest absolute Gasteiger partial charge is 0.394 e. The molecule has 6 rings (SSSR count). The topological polar surface area (TPSA) is 522 Å². The Hall–Kier alpha value is -3.20. The summed E-state index contributed by atoms with van der Waals surface area (Å²) >= 11 is 0. The molecule has 6 heterocycles. The molecule has 0 radical (unpaired) electrons. The molecule has 0 aromatic heterocycles. The van der Waals surface area contributed by atoms with Gasteiger partial charge >= 0.3 is 0 Å². The molecule has 35 nitrogen and oxygen atoms in total. The number of aliphatic hydroxyl groups is 14. The summed E-state index contributed by atoms with van der Waals surface area (Å²) < 4.78 is 59.2. The van der Waals surface area contributed by atoms with Crippen molar-refractivity contribution < 1.29 is 148 Å². The van der Waals surface area contributed by atoms with Crippen molar-refractivity contribution in [2.75, 3.05) is 40.1 Å². The summed E-state index contributed by atoms with van der Waals surface area (Å²) in [5, 5.41) is 164. The first kappa shape index (κ1) is 65.9. The molecule has 0 aromatic rings. The highest BCUT2D eigenvalue weighted by molar-refractivity contribution is 5.74. The summed E-state index contributed by atoms with van der Waals surface area (Å²) in [6.45, 7) is 1.04. The van der Waals surface area contributed by atoms with Gasteiger partial charge in [0.1, 0.15) is 141 Å². The Labute approximate surface area is 456 Å². The van der Waals surface area contributed by atoms with Crippen LogP contribution in [0.15, 0.2) is 0 Å². The van der Waals surface area contributed by atoms with Crippen molar-refractivity contribution in [3.63, 3.8) is 0 Å². The minimum atomic E-state index is -2.04. The first-order chi connectivity index (χ1) is 37.8. The fourth-order valence-corrected chi connectivity index (χ4v) is 10.2. The van der Waals surface area contributed by atoms with Crippen molar-refractivity contribution in [2.45, 2.75) is 219 Å². The highest BCUT2D eigenvalue weighted by Gasteiger charge is 2.58. The average molecular weight is 1170 g/mol. The van der Waals surface area contributed by atoms with E-state index in [0.717, 1.165) is 27.7 Å². The molecule has 35 heteroatoms. The molecule has 6 fully saturated rings. The third-order valence-electron chi connectivity index (χ3n) is 14.3. The van der Waals surface area contributed by atoms with Crippen LogP contribution in [-0.4, -0.2) is 319 Å². The van der Waals surface area contributed by atoms with Crippen LogP contribution in [-0.2, 0) is 76.3 Å². The van der Waals surface area contributed by atoms with Gasteiger partial charge in [0.15, 0.2) is 31.5 Å². The van der Waals surface area contributed by atoms with Crippen LogP contribution in [0.2, 0.25) is 0 Å². The number of aliphatic hydroxyl groups excluding tert-OH is 14. The lowest BCUT2D eigenvalue weighted by molar-refractivity contribution is -0.434. The minimum Gasteiger partial charge on any atom is -0.394 e. The number of carbonyl (C=O) groups excluding carboxylic acids is 4. The highest BCUT2D eigenvalue weighted by Crippen LogP contribution is 2.36. The van der Waals surface area contributed by atoms with Crippen LogP contribution in [0.5, 0.6) is 0 Å². The quantitative estimate of drug-likeness (QED) is 0.0375. The van der Waals surface area contributed by atoms with E-state index in [1.165, 1.54) is 14.0 Å². The molecule has 6 aliphatic rings. The molecule has 0 aliphatic carbocycles. The van der Waals surface area contributed by atoms with Crippen LogP contribution >= 0.6 is 0 Å². The Morgan fingerprint density at radius 1 is 0.388 bits per heavy atom. The molecule has 80 heavy (non-hydrogen) atoms. The molecule has 0 saturated carbocycles. The summed E-state index contributed by atoms with van der Waals surface area (Å²) in [6.07, 6.45) is -42.9. The predicted molar refractivity (Wildman–Crippen MR) is 252 cm³/mol. The van der Waals surface area contributed by atoms with Crippen molar-refractivity contribution >= 4 is 23.6 Å². The van der Waals surface area contributed by atoms with Gasteiger partial charge < -0.3 is 145 Å². The Kier molecular flexibility index (Phi) is 24.0. The van der Waals surface area contributed by atoms with Crippen LogP contribution < -0.4 is 26.6 Å². The second-order valence-electron chi connectivity index (χ2n) is 20.1. The number of hydrogen-bond acceptors (Lipinski definition) is 31. The smallest absolute Gasteiger partial charge is 0.220 e. The van der Waals surface area contributed by atoms with Crippen LogP contribution in [0.1, 0.15) is 34.6 Å². The number of nitrogens with one attached hydrogen (secondary N) is 5. The molecule has 4 amide bonds. The second kappa shape index (κ2) is 29.1. The Balaban J connectivity index is 1.22. The molecular weight excluding hydrogens is 1090 g/mol. The number of amides is 4. The molecule has 19 N–H and O–H groups in total. The third kappa shape index (κ3) is 15.0. The van der Waals surface area contributed by atoms with Crippen molar-refractivity contribution in [3.05, 3.63) is 0 Å². The van der Waals surface area contributed by atoms with E-state index in [1.54, 1.807) is 0 Å². The van der Waals surface area contributed by atoms with E-state index in [1.807, 2.05) is 0 Å². The Morgan fingerprint density at radius 3 is 1.11 bits per heavy atom. The lowest BCUT2D eigenvalue weighted by Gasteiger charge is -2.51. The van der Waals surface area contributed by atoms with Gasteiger partial charge in [-0.1, -0.05) is 0 Å². The molecule has 0 bridgehead atoms. The van der Waals surface area contributed by atoms with E-state index in [0.29, 0.717) is 0 Å². The SMILES string of the molecule is CNC1C(OC2C(CO)OC(OC3C(CO)OC(OC4C(CO)OC(OC5C(COOC6OC(C)C(O)C(O)C6O)OC(O)C(NC(C)=O)C5O)C(NC(C)=O)C4O)C(NC(C)=O)C3O)C(NC(C)=O)C2O)OC(CO)C(O)C1O. The summed E-state index contributed by atoms with van der Waals surface area (Å²) in [7, 11) is 1.39. The summed E-state index contributed by atoms with van der Waals surface area (Å²) in [5.41, 5.74) is 0. The van der Waals surface area contributed by atoms with Gasteiger partial charge in [0, 0.05) is 27.7 Å². The van der Waals surface area contributed by atoms with E-state index in [4.69, 9.17) is 57.1 Å². The number of carbonyl (C=O) groups is 4. The molecule has 30 atom stereocenters. The van der Waals surface area contributed by atoms with Gasteiger partial charge in [-0.3, -0.25) is 19.2 Å². The first-order valence-corrected chi connectivity index (χ1v) is 25.6. The van der Waals surface area contributed by atoms with E-state index in [9.17, 15) is 90.7 Å². The lowest BCUT2D eigenvalue weighted by atomic mass is 9.93. The van der Waals surface area contributed by atoms with Crippen LogP contribution in [0.4, 0.5) is 0 Å². The van der Waals surface area contributed by atoms with Crippen LogP contribution in [0.3, 0.4) is 0 Å². The van der Waals surface area contributed by atoms with Crippen molar-refractivity contribution in [1.29, 1.82) is 0 Å². The number of ether oxygens (including phenoxy) is 10. The van der Waals surface area contributed by atoms with Gasteiger partial charge in [-0.2, -0.15) is 0 Å². The van der Waals surface area contributed by atoms with Crippen LogP contribution in [0, 0.1) is 0 Å². The zero-order valence-electron chi connectivity index (χ0n) is 44.1. The van der Waals surface area contributed by atoms with Gasteiger partial charge in [-0.15, -0.1) is 0 Å².